The SMILES string of the molecule is CCNC(=NCc1ccc(C(=O)OC)c(OC)c1)NC1CCN(C(=O)C2CCCCC2)C1.I. The number of aliphatic imine (C=N–C) groups is 1. The minimum Gasteiger partial charge on any atom is -0.496 e. The van der Waals surface area contributed by atoms with Gasteiger partial charge in [-0.3, -0.25) is 4.79 Å². The van der Waals surface area contributed by atoms with Crippen LogP contribution in [0.5, 0.6) is 5.75 Å². The molecule has 2 aliphatic rings. The summed E-state index contributed by atoms with van der Waals surface area (Å²) in [5, 5.41) is 6.77. The van der Waals surface area contributed by atoms with Crippen LogP contribution in [-0.2, 0) is 16.1 Å². The molecule has 2 fully saturated rings. The lowest BCUT2D eigenvalue weighted by Gasteiger charge is -2.26. The lowest BCUT2D eigenvalue weighted by Crippen LogP contribution is -2.45. The maximum atomic E-state index is 12.8. The Morgan fingerprint density at radius 1 is 1.15 bits per heavy atom. The van der Waals surface area contributed by atoms with Crippen LogP contribution in [0, 0.1) is 5.92 Å². The smallest absolute Gasteiger partial charge is 0.341 e. The van der Waals surface area contributed by atoms with E-state index >= 15 is 0 Å². The standard InChI is InChI=1S/C24H36N4O4.HI/c1-4-25-24(26-15-17-10-11-20(23(30)32-3)21(14-17)31-2)27-19-12-13-28(16-19)22(29)18-8-6-5-7-9-18;/h10-11,14,18-19H,4-9,12-13,15-16H2,1-3H3,(H2,25,26,27);1H. The van der Waals surface area contributed by atoms with E-state index in [2.05, 4.69) is 10.6 Å². The summed E-state index contributed by atoms with van der Waals surface area (Å²) in [5.41, 5.74) is 1.31. The highest BCUT2D eigenvalue weighted by molar-refractivity contribution is 14.0. The van der Waals surface area contributed by atoms with Gasteiger partial charge in [0.1, 0.15) is 11.3 Å². The second-order valence-electron chi connectivity index (χ2n) is 8.47. The van der Waals surface area contributed by atoms with Gasteiger partial charge in [0.2, 0.25) is 5.91 Å². The number of carbonyl (C=O) groups excluding carboxylic acids is 2. The Balaban J connectivity index is 0.00000385. The van der Waals surface area contributed by atoms with E-state index in [1.165, 1.54) is 33.5 Å². The number of rotatable bonds is 7. The van der Waals surface area contributed by atoms with Crippen molar-refractivity contribution in [3.63, 3.8) is 0 Å². The van der Waals surface area contributed by atoms with Crippen LogP contribution in [0.2, 0.25) is 0 Å². The molecule has 1 amide bonds. The zero-order chi connectivity index (χ0) is 22.9. The van der Waals surface area contributed by atoms with Crippen LogP contribution in [0.3, 0.4) is 0 Å². The number of carbonyl (C=O) groups is 2. The molecule has 1 saturated carbocycles. The molecular weight excluding hydrogens is 535 g/mol. The van der Waals surface area contributed by atoms with Crippen LogP contribution < -0.4 is 15.4 Å². The number of methoxy groups -OCH3 is 2. The Morgan fingerprint density at radius 2 is 1.91 bits per heavy atom. The van der Waals surface area contributed by atoms with E-state index in [4.69, 9.17) is 14.5 Å². The van der Waals surface area contributed by atoms with Gasteiger partial charge in [-0.05, 0) is 43.9 Å². The van der Waals surface area contributed by atoms with Gasteiger partial charge in [-0.2, -0.15) is 0 Å². The average molecular weight is 572 g/mol. The van der Waals surface area contributed by atoms with Crippen molar-refractivity contribution in [2.24, 2.45) is 10.9 Å². The fraction of sp³-hybridized carbons (Fsp3) is 0.625. The zero-order valence-electron chi connectivity index (χ0n) is 19.9. The zero-order valence-corrected chi connectivity index (χ0v) is 22.2. The van der Waals surface area contributed by atoms with Gasteiger partial charge in [-0.25, -0.2) is 9.79 Å². The fourth-order valence-corrected chi connectivity index (χ4v) is 4.48. The largest absolute Gasteiger partial charge is 0.496 e. The van der Waals surface area contributed by atoms with Crippen molar-refractivity contribution in [2.75, 3.05) is 33.9 Å². The molecule has 0 aromatic heterocycles. The number of benzene rings is 1. The summed E-state index contributed by atoms with van der Waals surface area (Å²) in [4.78, 5) is 31.4. The van der Waals surface area contributed by atoms with Crippen molar-refractivity contribution in [2.45, 2.75) is 58.0 Å². The first kappa shape index (κ1) is 27.2. The molecule has 2 N–H and O–H groups in total. The summed E-state index contributed by atoms with van der Waals surface area (Å²) >= 11 is 0. The second-order valence-corrected chi connectivity index (χ2v) is 8.47. The number of likely N-dealkylation sites (tertiary alicyclic amines) is 1. The van der Waals surface area contributed by atoms with Gasteiger partial charge in [0.25, 0.3) is 0 Å². The molecule has 33 heavy (non-hydrogen) atoms. The molecule has 8 nitrogen and oxygen atoms in total. The number of hydrogen-bond acceptors (Lipinski definition) is 5. The molecule has 184 valence electrons. The highest BCUT2D eigenvalue weighted by atomic mass is 127. The Kier molecular flexibility index (Phi) is 11.2. The van der Waals surface area contributed by atoms with Crippen LogP contribution >= 0.6 is 24.0 Å². The lowest BCUT2D eigenvalue weighted by atomic mass is 9.88. The monoisotopic (exact) mass is 572 g/mol. The molecule has 0 bridgehead atoms. The maximum absolute atomic E-state index is 12.8. The first-order chi connectivity index (χ1) is 15.5. The van der Waals surface area contributed by atoms with Gasteiger partial charge < -0.3 is 25.0 Å². The van der Waals surface area contributed by atoms with Crippen LogP contribution in [0.4, 0.5) is 0 Å². The first-order valence-electron chi connectivity index (χ1n) is 11.6. The summed E-state index contributed by atoms with van der Waals surface area (Å²) in [6, 6.07) is 5.54. The Hall–Kier alpha value is -2.04. The fourth-order valence-electron chi connectivity index (χ4n) is 4.48. The molecule has 1 unspecified atom stereocenters. The highest BCUT2D eigenvalue weighted by Crippen LogP contribution is 2.27. The number of ether oxygens (including phenoxy) is 2. The normalized spacial score (nSPS) is 18.9. The van der Waals surface area contributed by atoms with Gasteiger partial charge in [-0.1, -0.05) is 25.3 Å². The predicted molar refractivity (Wildman–Crippen MR) is 139 cm³/mol. The number of nitrogens with zero attached hydrogens (tertiary/aromatic N) is 2. The third kappa shape index (κ3) is 7.48. The van der Waals surface area contributed by atoms with Gasteiger partial charge in [0.05, 0.1) is 20.8 Å². The Bertz CT molecular complexity index is 827. The van der Waals surface area contributed by atoms with Gasteiger partial charge in [0, 0.05) is 31.6 Å². The van der Waals surface area contributed by atoms with E-state index in [1.807, 2.05) is 17.9 Å². The summed E-state index contributed by atoms with van der Waals surface area (Å²) in [6.45, 7) is 4.73. The van der Waals surface area contributed by atoms with Crippen molar-refractivity contribution in [1.82, 2.24) is 15.5 Å². The molecule has 1 aromatic carbocycles. The van der Waals surface area contributed by atoms with Gasteiger partial charge >= 0.3 is 5.97 Å². The summed E-state index contributed by atoms with van der Waals surface area (Å²) < 4.78 is 10.1. The van der Waals surface area contributed by atoms with E-state index in [9.17, 15) is 9.59 Å². The Labute approximate surface area is 213 Å². The number of guanidine groups is 1. The summed E-state index contributed by atoms with van der Waals surface area (Å²) in [7, 11) is 2.88. The molecule has 1 saturated heterocycles. The summed E-state index contributed by atoms with van der Waals surface area (Å²) in [5.74, 6) is 1.30. The number of halogens is 1. The van der Waals surface area contributed by atoms with Crippen LogP contribution in [0.25, 0.3) is 0 Å². The minimum absolute atomic E-state index is 0. The van der Waals surface area contributed by atoms with Crippen molar-refractivity contribution >= 4 is 41.8 Å². The highest BCUT2D eigenvalue weighted by Gasteiger charge is 2.31. The van der Waals surface area contributed by atoms with Gasteiger partial charge in [-0.15, -0.1) is 24.0 Å². The first-order valence-corrected chi connectivity index (χ1v) is 11.6. The van der Waals surface area contributed by atoms with E-state index in [0.29, 0.717) is 23.8 Å². The predicted octanol–water partition coefficient (Wildman–Crippen LogP) is 3.34. The number of esters is 1. The molecule has 1 atom stereocenters. The molecular formula is C24H37IN4O4. The molecule has 1 aliphatic carbocycles. The van der Waals surface area contributed by atoms with Crippen molar-refractivity contribution in [1.29, 1.82) is 0 Å². The Morgan fingerprint density at radius 3 is 2.58 bits per heavy atom. The van der Waals surface area contributed by atoms with Crippen molar-refractivity contribution in [3.05, 3.63) is 29.3 Å². The van der Waals surface area contributed by atoms with Crippen molar-refractivity contribution in [3.8, 4) is 5.75 Å². The van der Waals surface area contributed by atoms with Crippen LogP contribution in [-0.4, -0.2) is 62.6 Å². The molecule has 0 spiro atoms. The summed E-state index contributed by atoms with van der Waals surface area (Å²) in [6.07, 6.45) is 6.60. The van der Waals surface area contributed by atoms with Gasteiger partial charge in [0.15, 0.2) is 5.96 Å². The van der Waals surface area contributed by atoms with Crippen molar-refractivity contribution < 1.29 is 19.1 Å². The topological polar surface area (TPSA) is 92.3 Å². The van der Waals surface area contributed by atoms with E-state index in [-0.39, 0.29) is 35.9 Å². The number of amides is 1. The van der Waals surface area contributed by atoms with E-state index < -0.39 is 5.97 Å². The number of hydrogen-bond donors (Lipinski definition) is 2. The minimum atomic E-state index is -0.430. The molecule has 1 heterocycles. The average Bonchev–Trinajstić information content (AvgIpc) is 3.30. The molecule has 0 radical (unpaired) electrons. The molecule has 1 aliphatic heterocycles. The third-order valence-corrected chi connectivity index (χ3v) is 6.23. The molecule has 3 rings (SSSR count). The second kappa shape index (κ2) is 13.6. The lowest BCUT2D eigenvalue weighted by molar-refractivity contribution is -0.135. The number of nitrogens with one attached hydrogen (secondary N) is 2. The molecule has 9 heteroatoms. The quantitative estimate of drug-likeness (QED) is 0.226. The van der Waals surface area contributed by atoms with E-state index in [0.717, 1.165) is 50.4 Å². The maximum Gasteiger partial charge on any atom is 0.341 e. The third-order valence-electron chi connectivity index (χ3n) is 6.23. The molecule has 1 aromatic rings. The van der Waals surface area contributed by atoms with Crippen LogP contribution in [0.1, 0.15) is 61.4 Å². The van der Waals surface area contributed by atoms with Crippen LogP contribution in [0.15, 0.2) is 23.2 Å². The van der Waals surface area contributed by atoms with E-state index in [1.54, 1.807) is 12.1 Å².